The first-order chi connectivity index (χ1) is 15.5. The average molecular weight is 446 g/mol. The van der Waals surface area contributed by atoms with E-state index in [9.17, 15) is 4.39 Å². The number of fused-ring (bicyclic) bond motifs is 1. The van der Waals surface area contributed by atoms with Crippen molar-refractivity contribution in [1.82, 2.24) is 19.7 Å². The largest absolute Gasteiger partial charge is 0.453 e. The highest BCUT2D eigenvalue weighted by Crippen LogP contribution is 2.39. The molecular weight excluding hydrogens is 425 g/mol. The van der Waals surface area contributed by atoms with Crippen LogP contribution in [0.1, 0.15) is 11.1 Å². The van der Waals surface area contributed by atoms with E-state index in [0.29, 0.717) is 12.3 Å². The number of thiophene rings is 1. The van der Waals surface area contributed by atoms with Crippen molar-refractivity contribution in [1.29, 1.82) is 0 Å². The first-order valence-corrected chi connectivity index (χ1v) is 10.9. The molecule has 5 rings (SSSR count). The number of rotatable bonds is 6. The Kier molecular flexibility index (Phi) is 5.28. The molecule has 0 saturated heterocycles. The molecule has 4 aromatic heterocycles. The van der Waals surface area contributed by atoms with Crippen molar-refractivity contribution in [3.63, 3.8) is 0 Å². The third-order valence-corrected chi connectivity index (χ3v) is 6.11. The molecule has 1 N–H and O–H groups in total. The maximum atomic E-state index is 14.3. The number of halogens is 1. The van der Waals surface area contributed by atoms with Gasteiger partial charge in [-0.2, -0.15) is 5.10 Å². The van der Waals surface area contributed by atoms with E-state index in [1.807, 2.05) is 56.7 Å². The molecule has 160 valence electrons. The van der Waals surface area contributed by atoms with Crippen molar-refractivity contribution in [3.8, 4) is 22.1 Å². The smallest absolute Gasteiger partial charge is 0.165 e. The monoisotopic (exact) mass is 445 g/mol. The molecule has 1 aromatic carbocycles. The van der Waals surface area contributed by atoms with Crippen LogP contribution in [-0.2, 0) is 13.6 Å². The van der Waals surface area contributed by atoms with Crippen molar-refractivity contribution in [2.75, 3.05) is 5.32 Å². The standard InChI is InChI=1S/C24H20FN5OS/c1-15-3-6-20(17(25)11-15)31-21-7-9-26-19-12-22(32-24(19)21)18-5-4-16(13-27-18)14-28-23-8-10-30(2)29-23/h3-13H,14H2,1-2H3,(H,28,29). The molecule has 0 unspecified atom stereocenters. The van der Waals surface area contributed by atoms with E-state index in [2.05, 4.69) is 20.4 Å². The lowest BCUT2D eigenvalue weighted by molar-refractivity contribution is 0.446. The zero-order valence-electron chi connectivity index (χ0n) is 17.5. The van der Waals surface area contributed by atoms with Gasteiger partial charge in [0.15, 0.2) is 11.6 Å². The molecule has 0 spiro atoms. The second-order valence-corrected chi connectivity index (χ2v) is 8.50. The van der Waals surface area contributed by atoms with Gasteiger partial charge >= 0.3 is 0 Å². The van der Waals surface area contributed by atoms with Gasteiger partial charge in [0.25, 0.3) is 0 Å². The number of nitrogens with one attached hydrogen (secondary N) is 1. The van der Waals surface area contributed by atoms with Crippen LogP contribution in [0.4, 0.5) is 10.2 Å². The van der Waals surface area contributed by atoms with E-state index < -0.39 is 0 Å². The molecule has 4 heterocycles. The van der Waals surface area contributed by atoms with Crippen LogP contribution in [0.3, 0.4) is 0 Å². The highest BCUT2D eigenvalue weighted by molar-refractivity contribution is 7.22. The van der Waals surface area contributed by atoms with E-state index in [1.54, 1.807) is 23.0 Å². The van der Waals surface area contributed by atoms with Gasteiger partial charge in [0.05, 0.1) is 20.8 Å². The van der Waals surface area contributed by atoms with Crippen molar-refractivity contribution in [3.05, 3.63) is 84.1 Å². The summed E-state index contributed by atoms with van der Waals surface area (Å²) in [5.74, 6) is 1.21. The van der Waals surface area contributed by atoms with Gasteiger partial charge < -0.3 is 10.1 Å². The van der Waals surface area contributed by atoms with Crippen LogP contribution in [-0.4, -0.2) is 19.7 Å². The predicted molar refractivity (Wildman–Crippen MR) is 125 cm³/mol. The summed E-state index contributed by atoms with van der Waals surface area (Å²) >= 11 is 1.52. The maximum absolute atomic E-state index is 14.3. The fraction of sp³-hybridized carbons (Fsp3) is 0.125. The maximum Gasteiger partial charge on any atom is 0.165 e. The van der Waals surface area contributed by atoms with Gasteiger partial charge in [0.2, 0.25) is 0 Å². The number of benzene rings is 1. The lowest BCUT2D eigenvalue weighted by Crippen LogP contribution is -2.01. The van der Waals surface area contributed by atoms with E-state index in [-0.39, 0.29) is 11.6 Å². The summed E-state index contributed by atoms with van der Waals surface area (Å²) in [6.07, 6.45) is 5.41. The van der Waals surface area contributed by atoms with Gasteiger partial charge in [-0.3, -0.25) is 14.6 Å². The fourth-order valence-corrected chi connectivity index (χ4v) is 4.35. The Bertz CT molecular complexity index is 1390. The van der Waals surface area contributed by atoms with Gasteiger partial charge in [0.1, 0.15) is 11.6 Å². The van der Waals surface area contributed by atoms with Gasteiger partial charge in [-0.25, -0.2) is 4.39 Å². The number of pyridine rings is 2. The summed E-state index contributed by atoms with van der Waals surface area (Å²) < 4.78 is 22.7. The average Bonchev–Trinajstić information content (AvgIpc) is 3.41. The highest BCUT2D eigenvalue weighted by atomic mass is 32.1. The molecule has 0 amide bonds. The quantitative estimate of drug-likeness (QED) is 0.350. The van der Waals surface area contributed by atoms with Crippen LogP contribution < -0.4 is 10.1 Å². The Morgan fingerprint density at radius 2 is 1.97 bits per heavy atom. The summed E-state index contributed by atoms with van der Waals surface area (Å²) in [5, 5.41) is 7.58. The molecule has 8 heteroatoms. The van der Waals surface area contributed by atoms with E-state index >= 15 is 0 Å². The molecular formula is C24H20FN5OS. The molecule has 32 heavy (non-hydrogen) atoms. The van der Waals surface area contributed by atoms with Crippen LogP contribution in [0.5, 0.6) is 11.5 Å². The summed E-state index contributed by atoms with van der Waals surface area (Å²) in [5.41, 5.74) is 3.54. The minimum absolute atomic E-state index is 0.195. The Hall–Kier alpha value is -3.78. The topological polar surface area (TPSA) is 64.9 Å². The fourth-order valence-electron chi connectivity index (χ4n) is 3.31. The Morgan fingerprint density at radius 1 is 1.06 bits per heavy atom. The molecule has 5 aromatic rings. The molecule has 0 aliphatic carbocycles. The number of aryl methyl sites for hydroxylation is 2. The first kappa shape index (κ1) is 20.1. The summed E-state index contributed by atoms with van der Waals surface area (Å²) in [4.78, 5) is 10.0. The summed E-state index contributed by atoms with van der Waals surface area (Å²) in [6, 6.07) is 14.6. The second-order valence-electron chi connectivity index (χ2n) is 7.45. The van der Waals surface area contributed by atoms with Gasteiger partial charge in [-0.05, 0) is 42.3 Å². The second kappa shape index (κ2) is 8.39. The number of nitrogens with zero attached hydrogens (tertiary/aromatic N) is 4. The first-order valence-electron chi connectivity index (χ1n) is 10.1. The summed E-state index contributed by atoms with van der Waals surface area (Å²) in [6.45, 7) is 2.48. The molecule has 0 atom stereocenters. The van der Waals surface area contributed by atoms with E-state index in [4.69, 9.17) is 4.74 Å². The molecule has 6 nitrogen and oxygen atoms in total. The normalized spacial score (nSPS) is 11.1. The molecule has 0 fully saturated rings. The number of hydrogen-bond donors (Lipinski definition) is 1. The van der Waals surface area contributed by atoms with Crippen molar-refractivity contribution < 1.29 is 9.13 Å². The van der Waals surface area contributed by atoms with Crippen LogP contribution in [0.2, 0.25) is 0 Å². The van der Waals surface area contributed by atoms with E-state index in [0.717, 1.165) is 37.7 Å². The van der Waals surface area contributed by atoms with Crippen molar-refractivity contribution in [2.24, 2.45) is 7.05 Å². The Morgan fingerprint density at radius 3 is 2.72 bits per heavy atom. The summed E-state index contributed by atoms with van der Waals surface area (Å²) in [7, 11) is 1.88. The zero-order valence-corrected chi connectivity index (χ0v) is 18.4. The van der Waals surface area contributed by atoms with E-state index in [1.165, 1.54) is 17.4 Å². The Labute approximate surface area is 188 Å². The minimum Gasteiger partial charge on any atom is -0.453 e. The van der Waals surface area contributed by atoms with Gasteiger partial charge in [-0.1, -0.05) is 12.1 Å². The third kappa shape index (κ3) is 4.17. The van der Waals surface area contributed by atoms with Crippen LogP contribution in [0.15, 0.2) is 67.1 Å². The van der Waals surface area contributed by atoms with Gasteiger partial charge in [-0.15, -0.1) is 11.3 Å². The minimum atomic E-state index is -0.386. The Balaban J connectivity index is 1.37. The molecule has 0 aliphatic rings. The van der Waals surface area contributed by atoms with Crippen molar-refractivity contribution in [2.45, 2.75) is 13.5 Å². The zero-order chi connectivity index (χ0) is 22.1. The molecule has 0 aliphatic heterocycles. The molecule has 0 saturated carbocycles. The van der Waals surface area contributed by atoms with Gasteiger partial charge in [0, 0.05) is 44.3 Å². The third-order valence-electron chi connectivity index (χ3n) is 4.95. The molecule has 0 bridgehead atoms. The molecule has 0 radical (unpaired) electrons. The lowest BCUT2D eigenvalue weighted by Gasteiger charge is -2.07. The highest BCUT2D eigenvalue weighted by Gasteiger charge is 2.13. The number of aromatic nitrogens is 4. The number of anilines is 1. The van der Waals surface area contributed by atoms with Crippen LogP contribution in [0.25, 0.3) is 20.8 Å². The predicted octanol–water partition coefficient (Wildman–Crippen LogP) is 5.94. The van der Waals surface area contributed by atoms with Crippen LogP contribution >= 0.6 is 11.3 Å². The number of hydrogen-bond acceptors (Lipinski definition) is 6. The number of ether oxygens (including phenoxy) is 1. The lowest BCUT2D eigenvalue weighted by atomic mass is 10.2. The van der Waals surface area contributed by atoms with Crippen LogP contribution in [0, 0.1) is 12.7 Å². The SMILES string of the molecule is Cc1ccc(Oc2ccnc3cc(-c4ccc(CNc5ccn(C)n5)cn4)sc23)c(F)c1. The van der Waals surface area contributed by atoms with Crippen molar-refractivity contribution >= 4 is 27.4 Å².